The predicted octanol–water partition coefficient (Wildman–Crippen LogP) is 5.09. The van der Waals surface area contributed by atoms with Crippen LogP contribution < -0.4 is 4.72 Å². The first-order chi connectivity index (χ1) is 14.8. The topological polar surface area (TPSA) is 116 Å². The van der Waals surface area contributed by atoms with Gasteiger partial charge in [-0.15, -0.1) is 11.3 Å². The van der Waals surface area contributed by atoms with Gasteiger partial charge >= 0.3 is 5.97 Å². The van der Waals surface area contributed by atoms with Gasteiger partial charge in [-0.2, -0.15) is 0 Å². The monoisotopic (exact) mass is 480 g/mol. The highest BCUT2D eigenvalue weighted by molar-refractivity contribution is 7.93. The quantitative estimate of drug-likeness (QED) is 0.350. The van der Waals surface area contributed by atoms with Crippen LogP contribution in [0, 0.1) is 28.4 Å². The summed E-state index contributed by atoms with van der Waals surface area (Å²) in [6, 6.07) is 3.69. The number of fused-ring (bicyclic) bond motifs is 1. The Kier molecular flexibility index (Phi) is 6.67. The molecular weight excluding hydrogens is 452 g/mol. The number of anilines is 1. The third-order valence-corrected chi connectivity index (χ3v) is 8.66. The maximum absolute atomic E-state index is 13.2. The van der Waals surface area contributed by atoms with Crippen LogP contribution in [0.25, 0.3) is 0 Å². The van der Waals surface area contributed by atoms with Crippen molar-refractivity contribution < 1.29 is 22.9 Å². The summed E-state index contributed by atoms with van der Waals surface area (Å²) in [6.07, 6.45) is 2.32. The summed E-state index contributed by atoms with van der Waals surface area (Å²) in [5.74, 6) is -0.153. The van der Waals surface area contributed by atoms with E-state index in [-0.39, 0.29) is 33.2 Å². The molecule has 32 heavy (non-hydrogen) atoms. The molecule has 3 rings (SSSR count). The summed E-state index contributed by atoms with van der Waals surface area (Å²) in [5, 5.41) is 11.3. The highest BCUT2D eigenvalue weighted by Gasteiger charge is 2.35. The molecule has 0 unspecified atom stereocenters. The number of esters is 1. The lowest BCUT2D eigenvalue weighted by molar-refractivity contribution is -0.385. The van der Waals surface area contributed by atoms with Gasteiger partial charge in [0.2, 0.25) is 0 Å². The predicted molar refractivity (Wildman–Crippen MR) is 124 cm³/mol. The number of nitro benzene ring substituents is 1. The molecular formula is C22H28N2O6S2. The van der Waals surface area contributed by atoms with Gasteiger partial charge in [0.25, 0.3) is 15.7 Å². The number of carbonyl (C=O) groups excluding carboxylic acids is 1. The zero-order valence-electron chi connectivity index (χ0n) is 18.9. The number of benzene rings is 1. The fraction of sp³-hybridized carbons (Fsp3) is 0.500. The molecule has 1 aliphatic rings. The molecule has 8 nitrogen and oxygen atoms in total. The number of hydrogen-bond acceptors (Lipinski definition) is 7. The Hall–Kier alpha value is -2.46. The smallest absolute Gasteiger partial charge is 0.341 e. The standard InChI is InChI=1S/C22H28N2O6S2/c1-6-30-21(25)19-16-10-8-14(22(3,4)5)11-17(16)31-20(19)23-32(28,29)18-12-15(24(26)27)9-7-13(18)2/h7,9,12,14,23H,6,8,10-11H2,1-5H3/t14-/m0/s1. The highest BCUT2D eigenvalue weighted by Crippen LogP contribution is 2.45. The van der Waals surface area contributed by atoms with E-state index in [1.165, 1.54) is 23.5 Å². The van der Waals surface area contributed by atoms with E-state index in [4.69, 9.17) is 4.74 Å². The minimum Gasteiger partial charge on any atom is -0.462 e. The lowest BCUT2D eigenvalue weighted by Gasteiger charge is -2.33. The van der Waals surface area contributed by atoms with Crippen LogP contribution in [0.2, 0.25) is 0 Å². The largest absolute Gasteiger partial charge is 0.462 e. The molecule has 1 aliphatic carbocycles. The Balaban J connectivity index is 2.06. The molecule has 0 fully saturated rings. The molecule has 0 spiro atoms. The summed E-state index contributed by atoms with van der Waals surface area (Å²) in [7, 11) is -4.16. The van der Waals surface area contributed by atoms with Crippen molar-refractivity contribution in [2.75, 3.05) is 11.3 Å². The molecule has 1 N–H and O–H groups in total. The highest BCUT2D eigenvalue weighted by atomic mass is 32.2. The number of nitrogens with one attached hydrogen (secondary N) is 1. The number of sulfonamides is 1. The Labute approximate surface area is 192 Å². The molecule has 0 radical (unpaired) electrons. The number of nitro groups is 1. The molecule has 1 heterocycles. The van der Waals surface area contributed by atoms with Crippen LogP contribution in [0.5, 0.6) is 0 Å². The van der Waals surface area contributed by atoms with Crippen LogP contribution in [0.15, 0.2) is 23.1 Å². The first-order valence-corrected chi connectivity index (χ1v) is 12.7. The third-order valence-electron chi connectivity index (χ3n) is 5.87. The zero-order chi connectivity index (χ0) is 23.8. The van der Waals surface area contributed by atoms with Gasteiger partial charge < -0.3 is 4.74 Å². The number of hydrogen-bond donors (Lipinski definition) is 1. The molecule has 10 heteroatoms. The van der Waals surface area contributed by atoms with E-state index in [0.717, 1.165) is 29.3 Å². The SMILES string of the molecule is CCOC(=O)c1c(NS(=O)(=O)c2cc([N+](=O)[O-])ccc2C)sc2c1CC[C@H](C(C)(C)C)C2. The number of non-ortho nitro benzene ring substituents is 1. The molecule has 0 bridgehead atoms. The van der Waals surface area contributed by atoms with Crippen molar-refractivity contribution in [2.45, 2.75) is 58.8 Å². The number of nitrogens with zero attached hydrogens (tertiary/aromatic N) is 1. The van der Waals surface area contributed by atoms with Crippen LogP contribution in [-0.4, -0.2) is 25.9 Å². The molecule has 0 amide bonds. The summed E-state index contributed by atoms with van der Waals surface area (Å²) < 4.78 is 34.1. The van der Waals surface area contributed by atoms with Gasteiger partial charge in [0.1, 0.15) is 5.00 Å². The average Bonchev–Trinajstić information content (AvgIpc) is 3.03. The molecule has 1 aromatic heterocycles. The van der Waals surface area contributed by atoms with Gasteiger partial charge in [-0.3, -0.25) is 14.8 Å². The van der Waals surface area contributed by atoms with E-state index in [0.29, 0.717) is 17.9 Å². The van der Waals surface area contributed by atoms with E-state index in [2.05, 4.69) is 25.5 Å². The molecule has 0 saturated heterocycles. The number of rotatable bonds is 6. The zero-order valence-corrected chi connectivity index (χ0v) is 20.5. The Morgan fingerprint density at radius 1 is 1.34 bits per heavy atom. The summed E-state index contributed by atoms with van der Waals surface area (Å²) in [4.78, 5) is 24.1. The van der Waals surface area contributed by atoms with Gasteiger partial charge in [0.15, 0.2) is 0 Å². The summed E-state index contributed by atoms with van der Waals surface area (Å²) in [5.41, 5.74) is 1.23. The molecule has 174 valence electrons. The van der Waals surface area contributed by atoms with E-state index in [1.54, 1.807) is 13.8 Å². The van der Waals surface area contributed by atoms with Crippen molar-refractivity contribution in [3.63, 3.8) is 0 Å². The number of carbonyl (C=O) groups is 1. The normalized spacial score (nSPS) is 16.3. The minimum absolute atomic E-state index is 0.0888. The first-order valence-electron chi connectivity index (χ1n) is 10.4. The van der Waals surface area contributed by atoms with Crippen molar-refractivity contribution in [3.8, 4) is 0 Å². The van der Waals surface area contributed by atoms with Crippen LogP contribution in [-0.2, 0) is 27.6 Å². The second kappa shape index (κ2) is 8.82. The van der Waals surface area contributed by atoms with Crippen LogP contribution in [0.1, 0.15) is 60.5 Å². The Morgan fingerprint density at radius 3 is 2.62 bits per heavy atom. The third kappa shape index (κ3) is 4.80. The minimum atomic E-state index is -4.16. The fourth-order valence-electron chi connectivity index (χ4n) is 3.99. The van der Waals surface area contributed by atoms with E-state index in [1.807, 2.05) is 0 Å². The second-order valence-electron chi connectivity index (χ2n) is 9.05. The Bertz CT molecular complexity index is 1160. The molecule has 1 aromatic carbocycles. The molecule has 2 aromatic rings. The lowest BCUT2D eigenvalue weighted by Crippen LogP contribution is -2.26. The first kappa shape index (κ1) is 24.2. The number of ether oxygens (including phenoxy) is 1. The van der Waals surface area contributed by atoms with Crippen molar-refractivity contribution in [1.29, 1.82) is 0 Å². The summed E-state index contributed by atoms with van der Waals surface area (Å²) in [6.45, 7) is 9.97. The molecule has 0 aliphatic heterocycles. The maximum atomic E-state index is 13.2. The van der Waals surface area contributed by atoms with E-state index < -0.39 is 20.9 Å². The van der Waals surface area contributed by atoms with Gasteiger partial charge in [0, 0.05) is 17.0 Å². The fourth-order valence-corrected chi connectivity index (χ4v) is 6.87. The van der Waals surface area contributed by atoms with Gasteiger partial charge in [-0.05, 0) is 55.6 Å². The second-order valence-corrected chi connectivity index (χ2v) is 11.8. The van der Waals surface area contributed by atoms with Gasteiger partial charge in [-0.1, -0.05) is 26.8 Å². The van der Waals surface area contributed by atoms with Crippen LogP contribution in [0.3, 0.4) is 0 Å². The van der Waals surface area contributed by atoms with Crippen LogP contribution >= 0.6 is 11.3 Å². The van der Waals surface area contributed by atoms with E-state index in [9.17, 15) is 23.3 Å². The van der Waals surface area contributed by atoms with Crippen LogP contribution in [0.4, 0.5) is 10.7 Å². The Morgan fingerprint density at radius 2 is 2.03 bits per heavy atom. The maximum Gasteiger partial charge on any atom is 0.341 e. The van der Waals surface area contributed by atoms with Crippen molar-refractivity contribution >= 4 is 38.0 Å². The number of thiophene rings is 1. The lowest BCUT2D eigenvalue weighted by atomic mass is 9.72. The van der Waals surface area contributed by atoms with E-state index >= 15 is 0 Å². The van der Waals surface area contributed by atoms with Crippen molar-refractivity contribution in [1.82, 2.24) is 0 Å². The van der Waals surface area contributed by atoms with Crippen molar-refractivity contribution in [2.24, 2.45) is 11.3 Å². The van der Waals surface area contributed by atoms with Gasteiger partial charge in [-0.25, -0.2) is 13.2 Å². The molecule has 0 saturated carbocycles. The average molecular weight is 481 g/mol. The van der Waals surface area contributed by atoms with Gasteiger partial charge in [0.05, 0.1) is 22.0 Å². The summed E-state index contributed by atoms with van der Waals surface area (Å²) >= 11 is 1.25. The molecule has 1 atom stereocenters. The van der Waals surface area contributed by atoms with Crippen molar-refractivity contribution in [3.05, 3.63) is 49.9 Å². The number of aryl methyl sites for hydroxylation is 1.